The van der Waals surface area contributed by atoms with Crippen LogP contribution in [-0.2, 0) is 0 Å². The summed E-state index contributed by atoms with van der Waals surface area (Å²) in [4.78, 5) is 10.5. The molecule has 0 atom stereocenters. The highest BCUT2D eigenvalue weighted by molar-refractivity contribution is 6.23. The van der Waals surface area contributed by atoms with Gasteiger partial charge in [0.2, 0.25) is 0 Å². The highest BCUT2D eigenvalue weighted by atomic mass is 16.3. The van der Waals surface area contributed by atoms with Crippen LogP contribution in [0.4, 0.5) is 0 Å². The first-order chi connectivity index (χ1) is 29.2. The van der Waals surface area contributed by atoms with Gasteiger partial charge in [-0.2, -0.15) is 0 Å². The van der Waals surface area contributed by atoms with E-state index in [1.165, 1.54) is 48.8 Å². The van der Waals surface area contributed by atoms with E-state index < -0.39 is 0 Å². The third kappa shape index (κ3) is 5.44. The summed E-state index contributed by atoms with van der Waals surface area (Å²) in [5.41, 5.74) is 11.3. The fraction of sp³-hybridized carbons (Fsp3) is 0. The van der Waals surface area contributed by atoms with E-state index in [1.54, 1.807) is 0 Å². The molecule has 2 aromatic heterocycles. The first kappa shape index (κ1) is 33.3. The predicted molar refractivity (Wildman–Crippen MR) is 247 cm³/mol. The summed E-state index contributed by atoms with van der Waals surface area (Å²) in [6.45, 7) is 0. The Morgan fingerprint density at radius 2 is 0.932 bits per heavy atom. The zero-order valence-corrected chi connectivity index (χ0v) is 31.9. The van der Waals surface area contributed by atoms with Gasteiger partial charge in [-0.25, -0.2) is 9.97 Å². The molecule has 0 spiro atoms. The topological polar surface area (TPSA) is 38.9 Å². The molecule has 12 rings (SSSR count). The van der Waals surface area contributed by atoms with Crippen molar-refractivity contribution in [3.05, 3.63) is 206 Å². The molecular weight excluding hydrogens is 717 g/mol. The number of furan rings is 1. The Kier molecular flexibility index (Phi) is 7.54. The molecule has 10 aromatic carbocycles. The Bertz CT molecular complexity index is 3600. The SMILES string of the molecule is c1ccc(-c2nc(-c3ccc(-c4cccc5oc6ccccc6c45)cc3)cc(-c3ccc(-c4c5ccccc5cc5c4ccc4ccccc45)c4ccccc34)n2)cc1. The van der Waals surface area contributed by atoms with Gasteiger partial charge in [-0.3, -0.25) is 0 Å². The van der Waals surface area contributed by atoms with E-state index >= 15 is 0 Å². The van der Waals surface area contributed by atoms with Crippen LogP contribution in [0.3, 0.4) is 0 Å². The maximum Gasteiger partial charge on any atom is 0.160 e. The van der Waals surface area contributed by atoms with Crippen molar-refractivity contribution >= 4 is 65.0 Å². The molecule has 0 unspecified atom stereocenters. The molecule has 0 N–H and O–H groups in total. The monoisotopic (exact) mass is 750 g/mol. The Labute approximate surface area is 340 Å². The molecule has 0 aliphatic rings. The summed E-state index contributed by atoms with van der Waals surface area (Å²) in [6, 6.07) is 73.4. The Morgan fingerprint density at radius 3 is 1.76 bits per heavy atom. The van der Waals surface area contributed by atoms with Crippen molar-refractivity contribution in [2.24, 2.45) is 0 Å². The molecule has 3 heteroatoms. The van der Waals surface area contributed by atoms with Crippen molar-refractivity contribution in [3.63, 3.8) is 0 Å². The maximum atomic E-state index is 6.22. The van der Waals surface area contributed by atoms with E-state index in [9.17, 15) is 0 Å². The molecule has 0 aliphatic carbocycles. The molecule has 0 saturated carbocycles. The smallest absolute Gasteiger partial charge is 0.160 e. The summed E-state index contributed by atoms with van der Waals surface area (Å²) in [6.07, 6.45) is 0. The summed E-state index contributed by atoms with van der Waals surface area (Å²) in [7, 11) is 0. The second-order valence-corrected chi connectivity index (χ2v) is 15.2. The van der Waals surface area contributed by atoms with Gasteiger partial charge >= 0.3 is 0 Å². The molecule has 0 fully saturated rings. The molecule has 274 valence electrons. The van der Waals surface area contributed by atoms with E-state index in [0.29, 0.717) is 5.82 Å². The molecular formula is C56H34N2O. The molecule has 12 aromatic rings. The van der Waals surface area contributed by atoms with Gasteiger partial charge in [0.25, 0.3) is 0 Å². The quantitative estimate of drug-likeness (QED) is 0.130. The number of hydrogen-bond acceptors (Lipinski definition) is 3. The van der Waals surface area contributed by atoms with E-state index in [4.69, 9.17) is 14.4 Å². The molecule has 0 aliphatic heterocycles. The van der Waals surface area contributed by atoms with Crippen LogP contribution in [0.2, 0.25) is 0 Å². The number of benzene rings is 10. The summed E-state index contributed by atoms with van der Waals surface area (Å²) < 4.78 is 6.22. The van der Waals surface area contributed by atoms with E-state index in [0.717, 1.165) is 66.5 Å². The minimum Gasteiger partial charge on any atom is -0.456 e. The van der Waals surface area contributed by atoms with Crippen LogP contribution in [0.15, 0.2) is 211 Å². The van der Waals surface area contributed by atoms with Crippen LogP contribution in [-0.4, -0.2) is 9.97 Å². The number of rotatable bonds is 5. The molecule has 0 radical (unpaired) electrons. The maximum absolute atomic E-state index is 6.22. The van der Waals surface area contributed by atoms with Crippen molar-refractivity contribution < 1.29 is 4.42 Å². The largest absolute Gasteiger partial charge is 0.456 e. The molecule has 0 amide bonds. The van der Waals surface area contributed by atoms with Crippen LogP contribution in [0.1, 0.15) is 0 Å². The minimum absolute atomic E-state index is 0.692. The lowest BCUT2D eigenvalue weighted by molar-refractivity contribution is 0.669. The highest BCUT2D eigenvalue weighted by Gasteiger charge is 2.19. The molecule has 3 nitrogen and oxygen atoms in total. The second-order valence-electron chi connectivity index (χ2n) is 15.2. The number of nitrogens with zero attached hydrogens (tertiary/aromatic N) is 2. The number of fused-ring (bicyclic) bond motifs is 8. The van der Waals surface area contributed by atoms with Crippen LogP contribution < -0.4 is 0 Å². The fourth-order valence-corrected chi connectivity index (χ4v) is 9.14. The van der Waals surface area contributed by atoms with Gasteiger partial charge in [-0.1, -0.05) is 182 Å². The van der Waals surface area contributed by atoms with Gasteiger partial charge in [0.15, 0.2) is 5.82 Å². The van der Waals surface area contributed by atoms with Crippen LogP contribution in [0, 0.1) is 0 Å². The van der Waals surface area contributed by atoms with Crippen molar-refractivity contribution in [3.8, 4) is 56.2 Å². The summed E-state index contributed by atoms with van der Waals surface area (Å²) >= 11 is 0. The average Bonchev–Trinajstić information content (AvgIpc) is 3.70. The zero-order valence-electron chi connectivity index (χ0n) is 31.9. The Balaban J connectivity index is 1.04. The Morgan fingerprint density at radius 1 is 0.305 bits per heavy atom. The molecule has 0 saturated heterocycles. The molecule has 0 bridgehead atoms. The lowest BCUT2D eigenvalue weighted by atomic mass is 9.86. The van der Waals surface area contributed by atoms with E-state index in [2.05, 4.69) is 170 Å². The van der Waals surface area contributed by atoms with Crippen molar-refractivity contribution in [2.75, 3.05) is 0 Å². The molecule has 2 heterocycles. The fourth-order valence-electron chi connectivity index (χ4n) is 9.14. The number of hydrogen-bond donors (Lipinski definition) is 0. The van der Waals surface area contributed by atoms with Crippen molar-refractivity contribution in [2.45, 2.75) is 0 Å². The Hall–Kier alpha value is -7.88. The van der Waals surface area contributed by atoms with Gasteiger partial charge in [0, 0.05) is 27.5 Å². The first-order valence-electron chi connectivity index (χ1n) is 20.1. The standard InChI is InChI=1S/C56H34N2O/c1-2-14-38(15-3-1)56-57-50(37-27-25-36(26-28-37)41-22-12-24-53-55(41)48-21-10-11-23-52(48)59-53)34-51(58-56)45-31-32-46(44-20-9-8-19-43(44)45)54-42-18-7-5-16-39(42)33-49-40-17-6-4-13-35(40)29-30-47(49)54/h1-34H. The summed E-state index contributed by atoms with van der Waals surface area (Å²) in [5.74, 6) is 0.692. The second kappa shape index (κ2) is 13.4. The predicted octanol–water partition coefficient (Wildman–Crippen LogP) is 15.3. The van der Waals surface area contributed by atoms with Crippen LogP contribution >= 0.6 is 0 Å². The van der Waals surface area contributed by atoms with Gasteiger partial charge in [-0.15, -0.1) is 0 Å². The summed E-state index contributed by atoms with van der Waals surface area (Å²) in [5, 5.41) is 12.1. The van der Waals surface area contributed by atoms with E-state index in [-0.39, 0.29) is 0 Å². The third-order valence-electron chi connectivity index (χ3n) is 11.9. The lowest BCUT2D eigenvalue weighted by Crippen LogP contribution is -1.97. The number of para-hydroxylation sites is 1. The minimum atomic E-state index is 0.692. The molecule has 59 heavy (non-hydrogen) atoms. The average molecular weight is 751 g/mol. The number of aromatic nitrogens is 2. The van der Waals surface area contributed by atoms with Gasteiger partial charge in [0.1, 0.15) is 11.2 Å². The van der Waals surface area contributed by atoms with Crippen molar-refractivity contribution in [1.82, 2.24) is 9.97 Å². The van der Waals surface area contributed by atoms with Gasteiger partial charge < -0.3 is 4.42 Å². The zero-order chi connectivity index (χ0) is 38.9. The van der Waals surface area contributed by atoms with Crippen LogP contribution in [0.5, 0.6) is 0 Å². The van der Waals surface area contributed by atoms with E-state index in [1.807, 2.05) is 36.4 Å². The van der Waals surface area contributed by atoms with Crippen molar-refractivity contribution in [1.29, 1.82) is 0 Å². The normalized spacial score (nSPS) is 11.7. The highest BCUT2D eigenvalue weighted by Crippen LogP contribution is 2.44. The van der Waals surface area contributed by atoms with Gasteiger partial charge in [-0.05, 0) is 89.6 Å². The lowest BCUT2D eigenvalue weighted by Gasteiger charge is -2.17. The van der Waals surface area contributed by atoms with Gasteiger partial charge in [0.05, 0.1) is 11.4 Å². The van der Waals surface area contributed by atoms with Crippen LogP contribution in [0.25, 0.3) is 121 Å². The third-order valence-corrected chi connectivity index (χ3v) is 11.9. The first-order valence-corrected chi connectivity index (χ1v) is 20.1.